The molecule has 6 heteroatoms. The first-order valence-corrected chi connectivity index (χ1v) is 10.1. The van der Waals surface area contributed by atoms with Crippen molar-refractivity contribution in [3.63, 3.8) is 0 Å². The highest BCUT2D eigenvalue weighted by atomic mass is 16.5. The third-order valence-electron chi connectivity index (χ3n) is 5.32. The van der Waals surface area contributed by atoms with E-state index >= 15 is 0 Å². The Morgan fingerprint density at radius 1 is 0.967 bits per heavy atom. The number of nitrogens with one attached hydrogen (secondary N) is 1. The normalized spacial score (nSPS) is 14.4. The number of hydrogen-bond acceptors (Lipinski definition) is 5. The van der Waals surface area contributed by atoms with Crippen molar-refractivity contribution in [2.45, 2.75) is 6.54 Å². The molecule has 30 heavy (non-hydrogen) atoms. The molecule has 1 fully saturated rings. The number of anilines is 2. The maximum atomic E-state index is 12.5. The summed E-state index contributed by atoms with van der Waals surface area (Å²) in [5.74, 6) is 1.44. The molecule has 154 valence electrons. The highest BCUT2D eigenvalue weighted by Gasteiger charge is 2.18. The topological polar surface area (TPSA) is 57.7 Å². The highest BCUT2D eigenvalue weighted by molar-refractivity contribution is 6.06. The zero-order chi connectivity index (χ0) is 20.8. The van der Waals surface area contributed by atoms with Gasteiger partial charge in [-0.1, -0.05) is 30.3 Å². The summed E-state index contributed by atoms with van der Waals surface area (Å²) in [5, 5.41) is 2.94. The van der Waals surface area contributed by atoms with Crippen LogP contribution in [0.15, 0.2) is 72.9 Å². The van der Waals surface area contributed by atoms with E-state index in [0.717, 1.165) is 44.2 Å². The number of benzene rings is 2. The summed E-state index contributed by atoms with van der Waals surface area (Å²) in [5.41, 5.74) is 2.53. The van der Waals surface area contributed by atoms with Crippen LogP contribution in [0.3, 0.4) is 0 Å². The number of hydrogen-bond donors (Lipinski definition) is 1. The summed E-state index contributed by atoms with van der Waals surface area (Å²) in [6.07, 6.45) is 1.84. The lowest BCUT2D eigenvalue weighted by atomic mass is 10.1. The Labute approximate surface area is 177 Å². The third kappa shape index (κ3) is 4.78. The van der Waals surface area contributed by atoms with E-state index < -0.39 is 0 Å². The van der Waals surface area contributed by atoms with Crippen LogP contribution in [0.2, 0.25) is 0 Å². The van der Waals surface area contributed by atoms with E-state index in [1.165, 1.54) is 5.56 Å². The largest absolute Gasteiger partial charge is 0.496 e. The molecule has 4 rings (SSSR count). The van der Waals surface area contributed by atoms with E-state index in [1.54, 1.807) is 19.2 Å². The molecular formula is C24H26N4O2. The first kappa shape index (κ1) is 19.9. The smallest absolute Gasteiger partial charge is 0.259 e. The summed E-state index contributed by atoms with van der Waals surface area (Å²) in [6, 6.07) is 21.3. The van der Waals surface area contributed by atoms with Gasteiger partial charge in [0.15, 0.2) is 0 Å². The van der Waals surface area contributed by atoms with Crippen molar-refractivity contribution < 1.29 is 9.53 Å². The van der Waals surface area contributed by atoms with Gasteiger partial charge in [-0.25, -0.2) is 4.98 Å². The van der Waals surface area contributed by atoms with Crippen molar-refractivity contribution in [2.75, 3.05) is 43.5 Å². The van der Waals surface area contributed by atoms with Gasteiger partial charge in [0, 0.05) is 44.6 Å². The van der Waals surface area contributed by atoms with Crippen molar-refractivity contribution in [1.82, 2.24) is 9.88 Å². The SMILES string of the molecule is COc1ccccc1C(=O)Nc1ccc(CN2CCN(c3ccccn3)CC2)cc1. The minimum absolute atomic E-state index is 0.175. The monoisotopic (exact) mass is 402 g/mol. The van der Waals surface area contributed by atoms with Gasteiger partial charge in [-0.3, -0.25) is 9.69 Å². The summed E-state index contributed by atoms with van der Waals surface area (Å²) in [4.78, 5) is 21.7. The first-order chi connectivity index (χ1) is 14.7. The van der Waals surface area contributed by atoms with Crippen LogP contribution in [0.25, 0.3) is 0 Å². The van der Waals surface area contributed by atoms with Gasteiger partial charge in [-0.2, -0.15) is 0 Å². The number of para-hydroxylation sites is 1. The van der Waals surface area contributed by atoms with E-state index in [2.05, 4.69) is 38.3 Å². The van der Waals surface area contributed by atoms with E-state index in [0.29, 0.717) is 11.3 Å². The molecule has 1 amide bonds. The molecule has 1 N–H and O–H groups in total. The lowest BCUT2D eigenvalue weighted by Gasteiger charge is -2.35. The fourth-order valence-electron chi connectivity index (χ4n) is 3.66. The molecule has 6 nitrogen and oxygen atoms in total. The molecule has 1 aliphatic heterocycles. The molecule has 3 aromatic rings. The van der Waals surface area contributed by atoms with Gasteiger partial charge in [0.2, 0.25) is 0 Å². The number of nitrogens with zero attached hydrogens (tertiary/aromatic N) is 3. The molecule has 0 atom stereocenters. The number of piperazine rings is 1. The Bertz CT molecular complexity index is 968. The zero-order valence-corrected chi connectivity index (χ0v) is 17.1. The lowest BCUT2D eigenvalue weighted by molar-refractivity contribution is 0.102. The minimum atomic E-state index is -0.175. The standard InChI is InChI=1S/C24H26N4O2/c1-30-22-7-3-2-6-21(22)24(29)26-20-11-9-19(10-12-20)18-27-14-16-28(17-15-27)23-8-4-5-13-25-23/h2-13H,14-18H2,1H3,(H,26,29). The molecule has 0 radical (unpaired) electrons. The Morgan fingerprint density at radius 2 is 1.70 bits per heavy atom. The fraction of sp³-hybridized carbons (Fsp3) is 0.250. The number of amides is 1. The Morgan fingerprint density at radius 3 is 2.40 bits per heavy atom. The van der Waals surface area contributed by atoms with Crippen LogP contribution in [0.1, 0.15) is 15.9 Å². The summed E-state index contributed by atoms with van der Waals surface area (Å²) < 4.78 is 5.27. The van der Waals surface area contributed by atoms with Gasteiger partial charge in [0.05, 0.1) is 12.7 Å². The Kier molecular flexibility index (Phi) is 6.25. The molecule has 0 bridgehead atoms. The van der Waals surface area contributed by atoms with Crippen molar-refractivity contribution in [1.29, 1.82) is 0 Å². The van der Waals surface area contributed by atoms with E-state index in [4.69, 9.17) is 4.74 Å². The van der Waals surface area contributed by atoms with Crippen molar-refractivity contribution in [3.05, 3.63) is 84.1 Å². The van der Waals surface area contributed by atoms with Crippen molar-refractivity contribution in [2.24, 2.45) is 0 Å². The molecule has 2 heterocycles. The van der Waals surface area contributed by atoms with Crippen LogP contribution < -0.4 is 15.0 Å². The molecule has 2 aromatic carbocycles. The number of carbonyl (C=O) groups excluding carboxylic acids is 1. The number of pyridine rings is 1. The van der Waals surface area contributed by atoms with E-state index in [-0.39, 0.29) is 5.91 Å². The third-order valence-corrected chi connectivity index (χ3v) is 5.32. The molecule has 1 aliphatic rings. The summed E-state index contributed by atoms with van der Waals surface area (Å²) >= 11 is 0. The van der Waals surface area contributed by atoms with Crippen LogP contribution in [0, 0.1) is 0 Å². The number of aromatic nitrogens is 1. The van der Waals surface area contributed by atoms with Gasteiger partial charge in [0.25, 0.3) is 5.91 Å². The van der Waals surface area contributed by atoms with Gasteiger partial charge >= 0.3 is 0 Å². The number of carbonyl (C=O) groups is 1. The Hall–Kier alpha value is -3.38. The van der Waals surface area contributed by atoms with Crippen LogP contribution in [-0.2, 0) is 6.54 Å². The predicted molar refractivity (Wildman–Crippen MR) is 119 cm³/mol. The zero-order valence-electron chi connectivity index (χ0n) is 17.1. The average Bonchev–Trinajstić information content (AvgIpc) is 2.81. The summed E-state index contributed by atoms with van der Waals surface area (Å²) in [6.45, 7) is 4.86. The number of rotatable bonds is 6. The second-order valence-corrected chi connectivity index (χ2v) is 7.30. The molecule has 0 saturated carbocycles. The second-order valence-electron chi connectivity index (χ2n) is 7.30. The second kappa shape index (κ2) is 9.41. The van der Waals surface area contributed by atoms with Gasteiger partial charge in [0.1, 0.15) is 11.6 Å². The van der Waals surface area contributed by atoms with E-state index in [9.17, 15) is 4.79 Å². The Balaban J connectivity index is 1.30. The van der Waals surface area contributed by atoms with E-state index in [1.807, 2.05) is 42.6 Å². The molecule has 1 saturated heterocycles. The quantitative estimate of drug-likeness (QED) is 0.682. The molecule has 0 aliphatic carbocycles. The number of ether oxygens (including phenoxy) is 1. The molecular weight excluding hydrogens is 376 g/mol. The molecule has 1 aromatic heterocycles. The molecule has 0 spiro atoms. The van der Waals surface area contributed by atoms with Crippen LogP contribution in [-0.4, -0.2) is 49.1 Å². The highest BCUT2D eigenvalue weighted by Crippen LogP contribution is 2.20. The lowest BCUT2D eigenvalue weighted by Crippen LogP contribution is -2.46. The minimum Gasteiger partial charge on any atom is -0.496 e. The maximum Gasteiger partial charge on any atom is 0.259 e. The van der Waals surface area contributed by atoms with Crippen LogP contribution in [0.5, 0.6) is 5.75 Å². The van der Waals surface area contributed by atoms with Crippen LogP contribution in [0.4, 0.5) is 11.5 Å². The average molecular weight is 402 g/mol. The van der Waals surface area contributed by atoms with Gasteiger partial charge in [-0.15, -0.1) is 0 Å². The molecule has 0 unspecified atom stereocenters. The first-order valence-electron chi connectivity index (χ1n) is 10.1. The summed E-state index contributed by atoms with van der Waals surface area (Å²) in [7, 11) is 1.57. The maximum absolute atomic E-state index is 12.5. The van der Waals surface area contributed by atoms with Gasteiger partial charge < -0.3 is 15.0 Å². The van der Waals surface area contributed by atoms with Crippen molar-refractivity contribution >= 4 is 17.4 Å². The van der Waals surface area contributed by atoms with Crippen molar-refractivity contribution in [3.8, 4) is 5.75 Å². The van der Waals surface area contributed by atoms with Gasteiger partial charge in [-0.05, 0) is 42.0 Å². The number of methoxy groups -OCH3 is 1. The fourth-order valence-corrected chi connectivity index (χ4v) is 3.66. The predicted octanol–water partition coefficient (Wildman–Crippen LogP) is 3.66. The van der Waals surface area contributed by atoms with Crippen LogP contribution >= 0.6 is 0 Å².